The van der Waals surface area contributed by atoms with Crippen LogP contribution in [0.15, 0.2) is 23.2 Å². The molecule has 1 amide bonds. The van der Waals surface area contributed by atoms with Gasteiger partial charge >= 0.3 is 0 Å². The largest absolute Gasteiger partial charge is 0.462 e. The molecule has 0 fully saturated rings. The van der Waals surface area contributed by atoms with Crippen LogP contribution in [0.4, 0.5) is 0 Å². The van der Waals surface area contributed by atoms with E-state index in [1.807, 2.05) is 27.7 Å². The van der Waals surface area contributed by atoms with Crippen molar-refractivity contribution in [1.29, 1.82) is 0 Å². The molecule has 1 aromatic carbocycles. The first kappa shape index (κ1) is 17.8. The molecule has 0 aliphatic heterocycles. The Balaban J connectivity index is 2.83. The number of nitrogens with zero attached hydrogens (tertiary/aromatic N) is 1. The van der Waals surface area contributed by atoms with E-state index in [2.05, 4.69) is 10.3 Å². The van der Waals surface area contributed by atoms with E-state index in [1.54, 1.807) is 12.1 Å². The van der Waals surface area contributed by atoms with Gasteiger partial charge in [0.15, 0.2) is 0 Å². The Hall–Kier alpha value is -1.26. The van der Waals surface area contributed by atoms with E-state index in [0.717, 1.165) is 0 Å². The molecule has 21 heavy (non-hydrogen) atoms. The molecule has 0 bridgehead atoms. The zero-order valence-electron chi connectivity index (χ0n) is 12.6. The summed E-state index contributed by atoms with van der Waals surface area (Å²) in [5.41, 5.74) is 0.397. The van der Waals surface area contributed by atoms with Crippen LogP contribution in [0.3, 0.4) is 0 Å². The van der Waals surface area contributed by atoms with E-state index in [4.69, 9.17) is 27.9 Å². The van der Waals surface area contributed by atoms with Crippen molar-refractivity contribution in [3.8, 4) is 0 Å². The predicted octanol–water partition coefficient (Wildman–Crippen LogP) is 4.16. The molecule has 0 saturated carbocycles. The molecule has 0 radical (unpaired) electrons. The van der Waals surface area contributed by atoms with Crippen molar-refractivity contribution in [2.45, 2.75) is 33.8 Å². The molecule has 1 rings (SSSR count). The highest BCUT2D eigenvalue weighted by molar-refractivity contribution is 6.42. The first-order chi connectivity index (χ1) is 9.79. The molecule has 0 aliphatic carbocycles. The number of ether oxygens (including phenoxy) is 1. The van der Waals surface area contributed by atoms with E-state index in [0.29, 0.717) is 28.1 Å². The van der Waals surface area contributed by atoms with Crippen LogP contribution in [0.5, 0.6) is 0 Å². The summed E-state index contributed by atoms with van der Waals surface area (Å²) in [4.78, 5) is 16.4. The maximum absolute atomic E-state index is 12.2. The molecular formula is C15H20Cl2N2O2. The summed E-state index contributed by atoms with van der Waals surface area (Å²) in [6.07, 6.45) is -0.0787. The second-order valence-electron chi connectivity index (χ2n) is 5.29. The van der Waals surface area contributed by atoms with Crippen LogP contribution in [0.25, 0.3) is 0 Å². The van der Waals surface area contributed by atoms with E-state index >= 15 is 0 Å². The highest BCUT2D eigenvalue weighted by atomic mass is 35.5. The molecule has 0 aliphatic rings. The van der Waals surface area contributed by atoms with Crippen molar-refractivity contribution in [2.24, 2.45) is 10.9 Å². The van der Waals surface area contributed by atoms with Crippen LogP contribution in [0.1, 0.15) is 38.1 Å². The van der Waals surface area contributed by atoms with Gasteiger partial charge in [0.25, 0.3) is 11.9 Å². The minimum atomic E-state index is -0.336. The summed E-state index contributed by atoms with van der Waals surface area (Å²) in [6, 6.07) is 4.90. The van der Waals surface area contributed by atoms with E-state index in [1.165, 1.54) is 6.07 Å². The minimum Gasteiger partial charge on any atom is -0.462 e. The Morgan fingerprint density at radius 3 is 2.43 bits per heavy atom. The number of rotatable bonds is 4. The van der Waals surface area contributed by atoms with Gasteiger partial charge in [0.1, 0.15) is 0 Å². The fourth-order valence-electron chi connectivity index (χ4n) is 1.40. The van der Waals surface area contributed by atoms with Crippen molar-refractivity contribution < 1.29 is 9.53 Å². The zero-order chi connectivity index (χ0) is 16.0. The standard InChI is InChI=1S/C15H20Cl2N2O2/c1-9(2)8-18-15(21-10(3)4)19-14(20)11-5-6-12(16)13(17)7-11/h5-7,9-10H,8H2,1-4H3,(H,18,19,20). The third-order valence-electron chi connectivity index (χ3n) is 2.35. The van der Waals surface area contributed by atoms with E-state index in [9.17, 15) is 4.79 Å². The van der Waals surface area contributed by atoms with E-state index in [-0.39, 0.29) is 18.0 Å². The second-order valence-corrected chi connectivity index (χ2v) is 6.10. The number of halogens is 2. The maximum atomic E-state index is 12.2. The predicted molar refractivity (Wildman–Crippen MR) is 87.3 cm³/mol. The van der Waals surface area contributed by atoms with Crippen molar-refractivity contribution in [1.82, 2.24) is 5.32 Å². The van der Waals surface area contributed by atoms with Gasteiger partial charge in [0, 0.05) is 12.1 Å². The lowest BCUT2D eigenvalue weighted by Crippen LogP contribution is -2.34. The molecule has 116 valence electrons. The van der Waals surface area contributed by atoms with Gasteiger partial charge in [-0.1, -0.05) is 37.0 Å². The summed E-state index contributed by atoms with van der Waals surface area (Å²) in [7, 11) is 0. The van der Waals surface area contributed by atoms with Gasteiger partial charge in [-0.05, 0) is 38.0 Å². The number of benzene rings is 1. The number of nitrogens with one attached hydrogen (secondary N) is 1. The molecule has 4 nitrogen and oxygen atoms in total. The molecule has 0 saturated heterocycles. The molecular weight excluding hydrogens is 311 g/mol. The zero-order valence-corrected chi connectivity index (χ0v) is 14.1. The molecule has 0 aromatic heterocycles. The Bertz CT molecular complexity index is 528. The van der Waals surface area contributed by atoms with Crippen molar-refractivity contribution in [2.75, 3.05) is 6.54 Å². The lowest BCUT2D eigenvalue weighted by Gasteiger charge is -2.14. The third kappa shape index (κ3) is 6.36. The van der Waals surface area contributed by atoms with Crippen LogP contribution in [0.2, 0.25) is 10.0 Å². The number of amides is 1. The fourth-order valence-corrected chi connectivity index (χ4v) is 1.70. The Labute approximate surface area is 135 Å². The molecule has 0 atom stereocenters. The molecule has 1 N–H and O–H groups in total. The van der Waals surface area contributed by atoms with E-state index < -0.39 is 0 Å². The molecule has 0 unspecified atom stereocenters. The number of hydrogen-bond donors (Lipinski definition) is 1. The van der Waals surface area contributed by atoms with Gasteiger partial charge < -0.3 is 4.74 Å². The van der Waals surface area contributed by atoms with Crippen molar-refractivity contribution in [3.63, 3.8) is 0 Å². The van der Waals surface area contributed by atoms with Crippen LogP contribution in [-0.4, -0.2) is 24.6 Å². The summed E-state index contributed by atoms with van der Waals surface area (Å²) in [5, 5.41) is 3.39. The van der Waals surface area contributed by atoms with Gasteiger partial charge in [0.2, 0.25) is 0 Å². The smallest absolute Gasteiger partial charge is 0.291 e. The topological polar surface area (TPSA) is 50.7 Å². The quantitative estimate of drug-likeness (QED) is 0.665. The normalized spacial score (nSPS) is 11.9. The summed E-state index contributed by atoms with van der Waals surface area (Å²) >= 11 is 11.7. The Kier molecular flexibility index (Phi) is 6.99. The maximum Gasteiger partial charge on any atom is 0.291 e. The van der Waals surface area contributed by atoms with Gasteiger partial charge in [-0.25, -0.2) is 4.99 Å². The fraction of sp³-hybridized carbons (Fsp3) is 0.467. The number of aliphatic imine (C=N–C) groups is 1. The third-order valence-corrected chi connectivity index (χ3v) is 3.09. The Morgan fingerprint density at radius 2 is 1.90 bits per heavy atom. The van der Waals surface area contributed by atoms with Gasteiger partial charge in [-0.15, -0.1) is 0 Å². The number of hydrogen-bond acceptors (Lipinski definition) is 3. The summed E-state index contributed by atoms with van der Waals surface area (Å²) in [6.45, 7) is 8.39. The van der Waals surface area contributed by atoms with Gasteiger partial charge in [0.05, 0.1) is 16.1 Å². The summed E-state index contributed by atoms with van der Waals surface area (Å²) in [5.74, 6) is 0.0364. The molecule has 6 heteroatoms. The second kappa shape index (κ2) is 8.25. The van der Waals surface area contributed by atoms with Crippen LogP contribution in [0, 0.1) is 5.92 Å². The SMILES string of the molecule is CC(C)CN=C(NC(=O)c1ccc(Cl)c(Cl)c1)OC(C)C. The average molecular weight is 331 g/mol. The number of amidine groups is 1. The molecule has 1 aromatic rings. The van der Waals surface area contributed by atoms with Crippen molar-refractivity contribution >= 4 is 35.1 Å². The molecule has 0 spiro atoms. The summed E-state index contributed by atoms with van der Waals surface area (Å²) < 4.78 is 5.51. The monoisotopic (exact) mass is 330 g/mol. The lowest BCUT2D eigenvalue weighted by molar-refractivity contribution is 0.0959. The average Bonchev–Trinajstić information content (AvgIpc) is 2.38. The highest BCUT2D eigenvalue weighted by Crippen LogP contribution is 2.22. The Morgan fingerprint density at radius 1 is 1.24 bits per heavy atom. The first-order valence-electron chi connectivity index (χ1n) is 6.77. The minimum absolute atomic E-state index is 0.0787. The van der Waals surface area contributed by atoms with Gasteiger partial charge in [-0.2, -0.15) is 0 Å². The first-order valence-corrected chi connectivity index (χ1v) is 7.52. The number of carbonyl (C=O) groups is 1. The van der Waals surface area contributed by atoms with Crippen LogP contribution in [-0.2, 0) is 4.74 Å². The highest BCUT2D eigenvalue weighted by Gasteiger charge is 2.13. The van der Waals surface area contributed by atoms with Crippen LogP contribution < -0.4 is 5.32 Å². The number of carbonyl (C=O) groups excluding carboxylic acids is 1. The van der Waals surface area contributed by atoms with Gasteiger partial charge in [-0.3, -0.25) is 10.1 Å². The van der Waals surface area contributed by atoms with Crippen LogP contribution >= 0.6 is 23.2 Å². The molecule has 0 heterocycles. The van der Waals surface area contributed by atoms with Crippen molar-refractivity contribution in [3.05, 3.63) is 33.8 Å². The lowest BCUT2D eigenvalue weighted by atomic mass is 10.2.